The summed E-state index contributed by atoms with van der Waals surface area (Å²) in [6.45, 7) is 24.0. The Kier molecular flexibility index (Phi) is 17.8. The quantitative estimate of drug-likeness (QED) is 0.529. The first-order valence-electron chi connectivity index (χ1n) is 9.88. The van der Waals surface area contributed by atoms with Crippen molar-refractivity contribution < 1.29 is 4.39 Å². The number of hydrogen-bond acceptors (Lipinski definition) is 1. The second-order valence-electron chi connectivity index (χ2n) is 6.08. The fourth-order valence-corrected chi connectivity index (χ4v) is 2.60. The molecule has 0 bridgehead atoms. The van der Waals surface area contributed by atoms with Gasteiger partial charge >= 0.3 is 0 Å². The summed E-state index contributed by atoms with van der Waals surface area (Å²) in [6.07, 6.45) is 5.57. The molecule has 0 saturated carbocycles. The maximum atomic E-state index is 12.6. The lowest BCUT2D eigenvalue weighted by molar-refractivity contribution is 0.457. The standard InChI is InChI=1S/C9H11F.C9H15N.C3H4.2C2H6/c1-3-8-4-5-9(10)7(2)6-8;1-6-7(2)9(3,4)8(6)10-5;1-3-2;2*1-2/h4-6H,3H2,1-2H3;10H,2H2,1,3-5H3;1H,2H3;2*1-2H3. The highest BCUT2D eigenvalue weighted by atomic mass is 19.1. The molecule has 1 aromatic rings. The second kappa shape index (κ2) is 16.2. The van der Waals surface area contributed by atoms with E-state index < -0.39 is 0 Å². The van der Waals surface area contributed by atoms with E-state index in [1.165, 1.54) is 28.5 Å². The van der Waals surface area contributed by atoms with Crippen molar-refractivity contribution in [3.63, 3.8) is 0 Å². The maximum absolute atomic E-state index is 12.6. The van der Waals surface area contributed by atoms with Crippen LogP contribution >= 0.6 is 0 Å². The molecule has 0 atom stereocenters. The molecule has 0 amide bonds. The number of terminal acetylenes is 1. The highest BCUT2D eigenvalue weighted by molar-refractivity contribution is 5.52. The highest BCUT2D eigenvalue weighted by Crippen LogP contribution is 2.47. The normalized spacial score (nSPS) is 12.8. The van der Waals surface area contributed by atoms with E-state index in [9.17, 15) is 4.39 Å². The van der Waals surface area contributed by atoms with E-state index in [0.717, 1.165) is 12.0 Å². The van der Waals surface area contributed by atoms with Gasteiger partial charge in [-0.3, -0.25) is 0 Å². The summed E-state index contributed by atoms with van der Waals surface area (Å²) in [5, 5.41) is 3.19. The SMILES string of the molecule is C#CC.C=C1C(C)=C(NC)C1(C)C.CC.CC.CCc1ccc(F)c(C)c1. The molecule has 1 N–H and O–H groups in total. The number of allylic oxidation sites excluding steroid dienone is 2. The van der Waals surface area contributed by atoms with Gasteiger partial charge in [0.25, 0.3) is 0 Å². The monoisotopic (exact) mass is 375 g/mol. The zero-order chi connectivity index (χ0) is 22.2. The fraction of sp³-hybridized carbons (Fsp3) is 0.520. The summed E-state index contributed by atoms with van der Waals surface area (Å²) in [5.41, 5.74) is 6.04. The van der Waals surface area contributed by atoms with Crippen LogP contribution in [0, 0.1) is 30.5 Å². The topological polar surface area (TPSA) is 12.0 Å². The second-order valence-corrected chi connectivity index (χ2v) is 6.08. The van der Waals surface area contributed by atoms with Gasteiger partial charge in [-0.25, -0.2) is 4.39 Å². The van der Waals surface area contributed by atoms with E-state index in [4.69, 9.17) is 0 Å². The molecule has 27 heavy (non-hydrogen) atoms. The summed E-state index contributed by atoms with van der Waals surface area (Å²) >= 11 is 0. The van der Waals surface area contributed by atoms with E-state index in [1.807, 2.05) is 46.9 Å². The van der Waals surface area contributed by atoms with Crippen molar-refractivity contribution in [1.82, 2.24) is 5.32 Å². The van der Waals surface area contributed by atoms with Gasteiger partial charge in [0.15, 0.2) is 0 Å². The van der Waals surface area contributed by atoms with Crippen LogP contribution in [-0.4, -0.2) is 7.05 Å². The number of halogens is 1. The van der Waals surface area contributed by atoms with Gasteiger partial charge in [0.05, 0.1) is 0 Å². The lowest BCUT2D eigenvalue weighted by Crippen LogP contribution is -2.36. The number of benzene rings is 1. The van der Waals surface area contributed by atoms with E-state index in [1.54, 1.807) is 13.8 Å². The van der Waals surface area contributed by atoms with Crippen molar-refractivity contribution in [2.75, 3.05) is 7.05 Å². The molecule has 0 aromatic heterocycles. The predicted molar refractivity (Wildman–Crippen MR) is 122 cm³/mol. The van der Waals surface area contributed by atoms with Gasteiger partial charge in [0.2, 0.25) is 0 Å². The van der Waals surface area contributed by atoms with Crippen molar-refractivity contribution in [1.29, 1.82) is 0 Å². The third kappa shape index (κ3) is 9.48. The Labute approximate surface area is 169 Å². The minimum atomic E-state index is -0.114. The summed E-state index contributed by atoms with van der Waals surface area (Å²) in [4.78, 5) is 0. The molecule has 0 saturated heterocycles. The van der Waals surface area contributed by atoms with Crippen molar-refractivity contribution in [2.45, 2.75) is 75.7 Å². The van der Waals surface area contributed by atoms with E-state index >= 15 is 0 Å². The van der Waals surface area contributed by atoms with Crippen LogP contribution in [0.2, 0.25) is 0 Å². The molecule has 1 nitrogen and oxygen atoms in total. The van der Waals surface area contributed by atoms with Crippen molar-refractivity contribution in [3.05, 3.63) is 58.6 Å². The predicted octanol–water partition coefficient (Wildman–Crippen LogP) is 7.46. The molecular formula is C25H42FN. The molecule has 0 radical (unpaired) electrons. The first kappa shape index (κ1) is 29.7. The first-order valence-corrected chi connectivity index (χ1v) is 9.88. The van der Waals surface area contributed by atoms with E-state index in [2.05, 4.69) is 51.9 Å². The zero-order valence-electron chi connectivity index (χ0n) is 19.6. The molecule has 2 rings (SSSR count). The van der Waals surface area contributed by atoms with Crippen LogP contribution in [0.5, 0.6) is 0 Å². The molecule has 0 unspecified atom stereocenters. The van der Waals surface area contributed by atoms with Gasteiger partial charge in [0.1, 0.15) is 5.82 Å². The summed E-state index contributed by atoms with van der Waals surface area (Å²) in [7, 11) is 1.97. The molecule has 1 aliphatic rings. The van der Waals surface area contributed by atoms with Crippen LogP contribution in [-0.2, 0) is 6.42 Å². The van der Waals surface area contributed by atoms with Crippen molar-refractivity contribution in [2.24, 2.45) is 5.41 Å². The number of hydrogen-bond donors (Lipinski definition) is 1. The summed E-state index contributed by atoms with van der Waals surface area (Å²) in [5.74, 6) is 2.14. The molecule has 0 fully saturated rings. The van der Waals surface area contributed by atoms with Crippen molar-refractivity contribution in [3.8, 4) is 12.3 Å². The number of nitrogens with one attached hydrogen (secondary N) is 1. The number of aryl methyl sites for hydroxylation is 2. The molecule has 1 aromatic carbocycles. The van der Waals surface area contributed by atoms with Crippen LogP contribution in [0.25, 0.3) is 0 Å². The third-order valence-electron chi connectivity index (χ3n) is 4.09. The highest BCUT2D eigenvalue weighted by Gasteiger charge is 2.37. The molecule has 0 aliphatic heterocycles. The smallest absolute Gasteiger partial charge is 0.126 e. The van der Waals surface area contributed by atoms with Crippen molar-refractivity contribution >= 4 is 0 Å². The van der Waals surface area contributed by atoms with Gasteiger partial charge in [0, 0.05) is 18.2 Å². The number of rotatable bonds is 2. The van der Waals surface area contributed by atoms with E-state index in [0.29, 0.717) is 0 Å². The minimum Gasteiger partial charge on any atom is -0.390 e. The van der Waals surface area contributed by atoms with Gasteiger partial charge in [-0.1, -0.05) is 67.2 Å². The summed E-state index contributed by atoms with van der Waals surface area (Å²) < 4.78 is 12.6. The molecular weight excluding hydrogens is 333 g/mol. The van der Waals surface area contributed by atoms with Crippen LogP contribution < -0.4 is 5.32 Å². The molecule has 2 heteroatoms. The fourth-order valence-electron chi connectivity index (χ4n) is 2.60. The van der Waals surface area contributed by atoms with Crippen LogP contribution in [0.1, 0.15) is 73.4 Å². The Morgan fingerprint density at radius 1 is 1.15 bits per heavy atom. The average molecular weight is 376 g/mol. The third-order valence-corrected chi connectivity index (χ3v) is 4.09. The molecule has 0 heterocycles. The van der Waals surface area contributed by atoms with Gasteiger partial charge in [-0.05, 0) is 55.5 Å². The minimum absolute atomic E-state index is 0.114. The lowest BCUT2D eigenvalue weighted by atomic mass is 9.67. The Morgan fingerprint density at radius 3 is 1.85 bits per heavy atom. The van der Waals surface area contributed by atoms with Crippen LogP contribution in [0.15, 0.2) is 41.6 Å². The molecule has 154 valence electrons. The average Bonchev–Trinajstić information content (AvgIpc) is 2.68. The Hall–Kier alpha value is -2.01. The largest absolute Gasteiger partial charge is 0.390 e. The first-order chi connectivity index (χ1) is 12.7. The van der Waals surface area contributed by atoms with Crippen LogP contribution in [0.4, 0.5) is 4.39 Å². The summed E-state index contributed by atoms with van der Waals surface area (Å²) in [6, 6.07) is 5.23. The Bertz CT molecular complexity index is 616. The maximum Gasteiger partial charge on any atom is 0.126 e. The van der Waals surface area contributed by atoms with Gasteiger partial charge in [-0.2, -0.15) is 0 Å². The van der Waals surface area contributed by atoms with Crippen LogP contribution in [0.3, 0.4) is 0 Å². The van der Waals surface area contributed by atoms with Gasteiger partial charge in [-0.15, -0.1) is 12.3 Å². The van der Waals surface area contributed by atoms with Gasteiger partial charge < -0.3 is 5.32 Å². The Morgan fingerprint density at radius 2 is 1.59 bits per heavy atom. The zero-order valence-corrected chi connectivity index (χ0v) is 19.6. The lowest BCUT2D eigenvalue weighted by Gasteiger charge is -2.41. The van der Waals surface area contributed by atoms with E-state index in [-0.39, 0.29) is 11.2 Å². The molecule has 0 spiro atoms. The Balaban J connectivity index is -0.000000322. The molecule has 1 aliphatic carbocycles.